The van der Waals surface area contributed by atoms with Crippen LogP contribution < -0.4 is 4.74 Å². The van der Waals surface area contributed by atoms with Gasteiger partial charge in [-0.2, -0.15) is 0 Å². The molecule has 0 aliphatic carbocycles. The number of piperidine rings is 1. The molecular weight excluding hydrogens is 226 g/mol. The first-order valence-electron chi connectivity index (χ1n) is 6.86. The standard InChI is InChI=1S/C15H23NO2/c1-2-18-15-7-3-5-13(9-15)10-16-8-4-6-14(11-16)12-17/h3,5,7,9,14,17H,2,4,6,8,10-12H2,1H3. The van der Waals surface area contributed by atoms with E-state index in [0.717, 1.165) is 31.8 Å². The number of ether oxygens (including phenoxy) is 1. The van der Waals surface area contributed by atoms with Crippen molar-refractivity contribution < 1.29 is 9.84 Å². The summed E-state index contributed by atoms with van der Waals surface area (Å²) in [7, 11) is 0. The number of aliphatic hydroxyl groups excluding tert-OH is 1. The Morgan fingerprint density at radius 2 is 2.33 bits per heavy atom. The van der Waals surface area contributed by atoms with Crippen molar-refractivity contribution in [3.05, 3.63) is 29.8 Å². The van der Waals surface area contributed by atoms with E-state index in [-0.39, 0.29) is 0 Å². The van der Waals surface area contributed by atoms with Gasteiger partial charge >= 0.3 is 0 Å². The Morgan fingerprint density at radius 1 is 1.44 bits per heavy atom. The summed E-state index contributed by atoms with van der Waals surface area (Å²) in [6.07, 6.45) is 2.35. The zero-order valence-corrected chi connectivity index (χ0v) is 11.1. The van der Waals surface area contributed by atoms with Gasteiger partial charge in [0.1, 0.15) is 5.75 Å². The van der Waals surface area contributed by atoms with Gasteiger partial charge in [-0.1, -0.05) is 12.1 Å². The summed E-state index contributed by atoms with van der Waals surface area (Å²) < 4.78 is 5.52. The summed E-state index contributed by atoms with van der Waals surface area (Å²) in [5.74, 6) is 1.40. The maximum Gasteiger partial charge on any atom is 0.119 e. The van der Waals surface area contributed by atoms with Gasteiger partial charge in [0.25, 0.3) is 0 Å². The molecule has 1 atom stereocenters. The molecule has 1 unspecified atom stereocenters. The largest absolute Gasteiger partial charge is 0.494 e. The van der Waals surface area contributed by atoms with Crippen molar-refractivity contribution in [2.45, 2.75) is 26.3 Å². The van der Waals surface area contributed by atoms with Gasteiger partial charge in [0.2, 0.25) is 0 Å². The van der Waals surface area contributed by atoms with Crippen LogP contribution >= 0.6 is 0 Å². The summed E-state index contributed by atoms with van der Waals surface area (Å²) in [6.45, 7) is 6.13. The number of likely N-dealkylation sites (tertiary alicyclic amines) is 1. The number of rotatable bonds is 5. The number of hydrogen-bond acceptors (Lipinski definition) is 3. The minimum atomic E-state index is 0.315. The molecule has 0 saturated carbocycles. The smallest absolute Gasteiger partial charge is 0.119 e. The quantitative estimate of drug-likeness (QED) is 0.869. The average Bonchev–Trinajstić information content (AvgIpc) is 2.40. The Kier molecular flexibility index (Phi) is 5.02. The van der Waals surface area contributed by atoms with E-state index in [0.29, 0.717) is 19.1 Å². The molecule has 2 rings (SSSR count). The zero-order chi connectivity index (χ0) is 12.8. The van der Waals surface area contributed by atoms with Gasteiger partial charge in [0, 0.05) is 19.7 Å². The van der Waals surface area contributed by atoms with E-state index in [1.165, 1.54) is 12.0 Å². The first-order valence-corrected chi connectivity index (χ1v) is 6.86. The van der Waals surface area contributed by atoms with E-state index in [1.54, 1.807) is 0 Å². The van der Waals surface area contributed by atoms with Crippen molar-refractivity contribution >= 4 is 0 Å². The summed E-state index contributed by atoms with van der Waals surface area (Å²) >= 11 is 0. The highest BCUT2D eigenvalue weighted by Crippen LogP contribution is 2.20. The molecule has 100 valence electrons. The lowest BCUT2D eigenvalue weighted by molar-refractivity contribution is 0.116. The fourth-order valence-corrected chi connectivity index (χ4v) is 2.60. The van der Waals surface area contributed by atoms with Crippen molar-refractivity contribution in [1.29, 1.82) is 0 Å². The van der Waals surface area contributed by atoms with Crippen LogP contribution in [0.1, 0.15) is 25.3 Å². The molecule has 0 radical (unpaired) electrons. The highest BCUT2D eigenvalue weighted by Gasteiger charge is 2.19. The van der Waals surface area contributed by atoms with Crippen LogP contribution in [-0.4, -0.2) is 36.3 Å². The number of aliphatic hydroxyl groups is 1. The lowest BCUT2D eigenvalue weighted by Crippen LogP contribution is -2.36. The van der Waals surface area contributed by atoms with Crippen molar-refractivity contribution in [2.24, 2.45) is 5.92 Å². The van der Waals surface area contributed by atoms with Crippen LogP contribution in [0.2, 0.25) is 0 Å². The van der Waals surface area contributed by atoms with Crippen LogP contribution in [0, 0.1) is 5.92 Å². The number of hydrogen-bond donors (Lipinski definition) is 1. The topological polar surface area (TPSA) is 32.7 Å². The van der Waals surface area contributed by atoms with Crippen molar-refractivity contribution in [1.82, 2.24) is 4.90 Å². The molecule has 0 aromatic heterocycles. The van der Waals surface area contributed by atoms with Gasteiger partial charge in [-0.05, 0) is 49.9 Å². The fourth-order valence-electron chi connectivity index (χ4n) is 2.60. The maximum atomic E-state index is 9.24. The highest BCUT2D eigenvalue weighted by molar-refractivity contribution is 5.28. The van der Waals surface area contributed by atoms with Crippen molar-refractivity contribution in [3.63, 3.8) is 0 Å². The lowest BCUT2D eigenvalue weighted by Gasteiger charge is -2.31. The van der Waals surface area contributed by atoms with E-state index >= 15 is 0 Å². The molecule has 3 nitrogen and oxygen atoms in total. The van der Waals surface area contributed by atoms with Crippen LogP contribution in [-0.2, 0) is 6.54 Å². The Balaban J connectivity index is 1.93. The second-order valence-corrected chi connectivity index (χ2v) is 5.01. The molecule has 18 heavy (non-hydrogen) atoms. The minimum absolute atomic E-state index is 0.315. The molecule has 1 aromatic rings. The van der Waals surface area contributed by atoms with Gasteiger partial charge in [0.05, 0.1) is 6.61 Å². The molecule has 1 N–H and O–H groups in total. The third-order valence-electron chi connectivity index (χ3n) is 3.48. The van der Waals surface area contributed by atoms with Crippen LogP contribution in [0.3, 0.4) is 0 Å². The van der Waals surface area contributed by atoms with Crippen LogP contribution in [0.5, 0.6) is 5.75 Å². The molecule has 1 heterocycles. The zero-order valence-electron chi connectivity index (χ0n) is 11.1. The molecule has 1 saturated heterocycles. The molecule has 0 amide bonds. The van der Waals surface area contributed by atoms with Crippen LogP contribution in [0.15, 0.2) is 24.3 Å². The normalized spacial score (nSPS) is 20.9. The highest BCUT2D eigenvalue weighted by atomic mass is 16.5. The first kappa shape index (κ1) is 13.4. The van der Waals surface area contributed by atoms with Crippen molar-refractivity contribution in [3.8, 4) is 5.75 Å². The molecule has 0 bridgehead atoms. The second kappa shape index (κ2) is 6.76. The maximum absolute atomic E-state index is 9.24. The third-order valence-corrected chi connectivity index (χ3v) is 3.48. The number of benzene rings is 1. The van der Waals surface area contributed by atoms with E-state index < -0.39 is 0 Å². The van der Waals surface area contributed by atoms with Crippen LogP contribution in [0.25, 0.3) is 0 Å². The van der Waals surface area contributed by atoms with Gasteiger partial charge in [-0.25, -0.2) is 0 Å². The van der Waals surface area contributed by atoms with Crippen molar-refractivity contribution in [2.75, 3.05) is 26.3 Å². The average molecular weight is 249 g/mol. The molecule has 1 fully saturated rings. The number of nitrogens with zero attached hydrogens (tertiary/aromatic N) is 1. The Hall–Kier alpha value is -1.06. The van der Waals surface area contributed by atoms with E-state index in [1.807, 2.05) is 19.1 Å². The first-order chi connectivity index (χ1) is 8.81. The second-order valence-electron chi connectivity index (χ2n) is 5.01. The Bertz CT molecular complexity index is 367. The van der Waals surface area contributed by atoms with Gasteiger partial charge in [-0.3, -0.25) is 4.90 Å². The summed E-state index contributed by atoms with van der Waals surface area (Å²) in [4.78, 5) is 2.43. The monoisotopic (exact) mass is 249 g/mol. The predicted molar refractivity (Wildman–Crippen MR) is 72.7 cm³/mol. The molecule has 1 aromatic carbocycles. The summed E-state index contributed by atoms with van der Waals surface area (Å²) in [5, 5.41) is 9.24. The molecule has 1 aliphatic heterocycles. The molecular formula is C15H23NO2. The molecule has 1 aliphatic rings. The van der Waals surface area contributed by atoms with Gasteiger partial charge < -0.3 is 9.84 Å². The van der Waals surface area contributed by atoms with Gasteiger partial charge in [-0.15, -0.1) is 0 Å². The predicted octanol–water partition coefficient (Wildman–Crippen LogP) is 2.29. The SMILES string of the molecule is CCOc1cccc(CN2CCCC(CO)C2)c1. The summed E-state index contributed by atoms with van der Waals surface area (Å²) in [5.41, 5.74) is 1.29. The molecule has 3 heteroatoms. The minimum Gasteiger partial charge on any atom is -0.494 e. The van der Waals surface area contributed by atoms with E-state index in [9.17, 15) is 5.11 Å². The summed E-state index contributed by atoms with van der Waals surface area (Å²) in [6, 6.07) is 8.31. The lowest BCUT2D eigenvalue weighted by atomic mass is 9.98. The Labute approximate surface area is 109 Å². The fraction of sp³-hybridized carbons (Fsp3) is 0.600. The molecule has 0 spiro atoms. The van der Waals surface area contributed by atoms with E-state index in [4.69, 9.17) is 4.74 Å². The third kappa shape index (κ3) is 3.72. The van der Waals surface area contributed by atoms with E-state index in [2.05, 4.69) is 17.0 Å². The Morgan fingerprint density at radius 3 is 3.11 bits per heavy atom. The van der Waals surface area contributed by atoms with Crippen LogP contribution in [0.4, 0.5) is 0 Å². The van der Waals surface area contributed by atoms with Gasteiger partial charge in [0.15, 0.2) is 0 Å².